The zero-order valence-corrected chi connectivity index (χ0v) is 25.3. The molecule has 0 aromatic heterocycles. The molecule has 0 saturated carbocycles. The van der Waals surface area contributed by atoms with Gasteiger partial charge < -0.3 is 14.6 Å². The first kappa shape index (κ1) is 34.7. The van der Waals surface area contributed by atoms with E-state index in [4.69, 9.17) is 9.47 Å². The summed E-state index contributed by atoms with van der Waals surface area (Å²) in [6, 6.07) is 8.11. The van der Waals surface area contributed by atoms with Crippen LogP contribution in [-0.2, 0) is 11.3 Å². The molecule has 0 heterocycles. The second-order valence-electron chi connectivity index (χ2n) is 11.2. The van der Waals surface area contributed by atoms with Gasteiger partial charge in [-0.05, 0) is 62.6 Å². The monoisotopic (exact) mass is 530 g/mol. The Morgan fingerprint density at radius 1 is 0.632 bits per heavy atom. The van der Waals surface area contributed by atoms with Crippen molar-refractivity contribution in [2.75, 3.05) is 13.7 Å². The molecule has 0 radical (unpaired) electrons. The Morgan fingerprint density at radius 3 is 1.63 bits per heavy atom. The van der Waals surface area contributed by atoms with Crippen molar-refractivity contribution in [1.29, 1.82) is 0 Å². The lowest BCUT2D eigenvalue weighted by molar-refractivity contribution is 0.116. The number of ether oxygens (including phenoxy) is 2. The van der Waals surface area contributed by atoms with E-state index in [-0.39, 0.29) is 6.10 Å². The minimum atomic E-state index is -0.0535. The fourth-order valence-electron chi connectivity index (χ4n) is 4.97. The van der Waals surface area contributed by atoms with Gasteiger partial charge in [-0.2, -0.15) is 0 Å². The van der Waals surface area contributed by atoms with Crippen molar-refractivity contribution in [1.82, 2.24) is 0 Å². The van der Waals surface area contributed by atoms with E-state index in [0.29, 0.717) is 6.61 Å². The number of methoxy groups -OCH3 is 1. The third-order valence-corrected chi connectivity index (χ3v) is 7.55. The van der Waals surface area contributed by atoms with Crippen LogP contribution in [0.5, 0.6) is 5.75 Å². The van der Waals surface area contributed by atoms with Crippen molar-refractivity contribution in [3.05, 3.63) is 42.0 Å². The van der Waals surface area contributed by atoms with E-state index in [2.05, 4.69) is 31.2 Å². The number of hydrogen-bond acceptors (Lipinski definition) is 3. The van der Waals surface area contributed by atoms with Gasteiger partial charge >= 0.3 is 0 Å². The Kier molecular flexibility index (Phi) is 24.9. The van der Waals surface area contributed by atoms with Crippen LogP contribution in [0.25, 0.3) is 0 Å². The third kappa shape index (κ3) is 22.6. The second kappa shape index (κ2) is 27.3. The molecular formula is C35H62O3. The Morgan fingerprint density at radius 2 is 1.11 bits per heavy atom. The van der Waals surface area contributed by atoms with Crippen molar-refractivity contribution >= 4 is 0 Å². The Hall–Kier alpha value is -1.32. The summed E-state index contributed by atoms with van der Waals surface area (Å²) in [5.41, 5.74) is 1.20. The standard InChI is InChI=1S/C35H62O3/c1-3-4-5-6-16-19-22-25-34(36)26-23-20-17-14-12-10-8-7-9-11-13-15-18-21-24-31-38-32-33-27-29-35(37-2)30-28-33/h9,11,27-30,34,36H,3-8,10,12-26,31-32H2,1-2H3/b11-9-. The van der Waals surface area contributed by atoms with Crippen LogP contribution >= 0.6 is 0 Å². The van der Waals surface area contributed by atoms with Gasteiger partial charge in [0.05, 0.1) is 19.8 Å². The molecule has 0 aliphatic rings. The van der Waals surface area contributed by atoms with E-state index in [0.717, 1.165) is 31.6 Å². The van der Waals surface area contributed by atoms with Gasteiger partial charge in [0.25, 0.3) is 0 Å². The highest BCUT2D eigenvalue weighted by atomic mass is 16.5. The van der Waals surface area contributed by atoms with Gasteiger partial charge in [0, 0.05) is 6.61 Å². The van der Waals surface area contributed by atoms with Crippen LogP contribution < -0.4 is 4.74 Å². The molecule has 0 bridgehead atoms. The Bertz CT molecular complexity index is 625. The quantitative estimate of drug-likeness (QED) is 0.0864. The van der Waals surface area contributed by atoms with E-state index >= 15 is 0 Å². The molecule has 0 fully saturated rings. The molecule has 0 saturated heterocycles. The number of aliphatic hydroxyl groups excluding tert-OH is 1. The summed E-state index contributed by atoms with van der Waals surface area (Å²) >= 11 is 0. The highest BCUT2D eigenvalue weighted by Gasteiger charge is 2.03. The SMILES string of the molecule is CCCCCCCCCC(O)CCCCCCCCC/C=C\CCCCCCOCc1ccc(OC)cc1. The number of hydrogen-bond donors (Lipinski definition) is 1. The number of aliphatic hydroxyl groups is 1. The van der Waals surface area contributed by atoms with Crippen LogP contribution in [-0.4, -0.2) is 24.9 Å². The first-order chi connectivity index (χ1) is 18.8. The van der Waals surface area contributed by atoms with Crippen LogP contribution in [0.3, 0.4) is 0 Å². The third-order valence-electron chi connectivity index (χ3n) is 7.55. The number of benzene rings is 1. The minimum Gasteiger partial charge on any atom is -0.497 e. The summed E-state index contributed by atoms with van der Waals surface area (Å²) in [6.07, 6.45) is 32.8. The summed E-state index contributed by atoms with van der Waals surface area (Å²) < 4.78 is 11.0. The normalized spacial score (nSPS) is 12.4. The lowest BCUT2D eigenvalue weighted by atomic mass is 10.0. The van der Waals surface area contributed by atoms with Crippen molar-refractivity contribution in [2.45, 2.75) is 161 Å². The summed E-state index contributed by atoms with van der Waals surface area (Å²) in [6.45, 7) is 3.81. The van der Waals surface area contributed by atoms with Crippen LogP contribution in [0, 0.1) is 0 Å². The predicted molar refractivity (Wildman–Crippen MR) is 165 cm³/mol. The minimum absolute atomic E-state index is 0.0535. The van der Waals surface area contributed by atoms with Gasteiger partial charge in [-0.1, -0.05) is 128 Å². The number of unbranched alkanes of at least 4 members (excludes halogenated alkanes) is 17. The van der Waals surface area contributed by atoms with Gasteiger partial charge in [-0.25, -0.2) is 0 Å². The van der Waals surface area contributed by atoms with Gasteiger partial charge in [-0.3, -0.25) is 0 Å². The Labute approximate surface area is 236 Å². The number of allylic oxidation sites excluding steroid dienone is 2. The molecular weight excluding hydrogens is 468 g/mol. The van der Waals surface area contributed by atoms with E-state index in [9.17, 15) is 5.11 Å². The van der Waals surface area contributed by atoms with Crippen molar-refractivity contribution in [3.8, 4) is 5.75 Å². The van der Waals surface area contributed by atoms with Crippen molar-refractivity contribution < 1.29 is 14.6 Å². The van der Waals surface area contributed by atoms with Gasteiger partial charge in [0.15, 0.2) is 0 Å². The fraction of sp³-hybridized carbons (Fsp3) is 0.771. The molecule has 3 heteroatoms. The first-order valence-corrected chi connectivity index (χ1v) is 16.3. The molecule has 1 N–H and O–H groups in total. The topological polar surface area (TPSA) is 38.7 Å². The highest BCUT2D eigenvalue weighted by Crippen LogP contribution is 2.15. The molecule has 1 aromatic carbocycles. The lowest BCUT2D eigenvalue weighted by Gasteiger charge is -2.10. The van der Waals surface area contributed by atoms with Crippen LogP contribution in [0.15, 0.2) is 36.4 Å². The molecule has 38 heavy (non-hydrogen) atoms. The van der Waals surface area contributed by atoms with E-state index in [1.54, 1.807) is 7.11 Å². The molecule has 0 amide bonds. The van der Waals surface area contributed by atoms with E-state index < -0.39 is 0 Å². The molecule has 1 rings (SSSR count). The molecule has 220 valence electrons. The summed E-state index contributed by atoms with van der Waals surface area (Å²) in [7, 11) is 1.69. The maximum Gasteiger partial charge on any atom is 0.118 e. The molecule has 0 spiro atoms. The molecule has 1 aromatic rings. The molecule has 1 unspecified atom stereocenters. The average Bonchev–Trinajstić information content (AvgIpc) is 2.94. The van der Waals surface area contributed by atoms with Gasteiger partial charge in [-0.15, -0.1) is 0 Å². The van der Waals surface area contributed by atoms with E-state index in [1.165, 1.54) is 128 Å². The van der Waals surface area contributed by atoms with Crippen LogP contribution in [0.2, 0.25) is 0 Å². The molecule has 3 nitrogen and oxygen atoms in total. The van der Waals surface area contributed by atoms with Crippen molar-refractivity contribution in [3.63, 3.8) is 0 Å². The van der Waals surface area contributed by atoms with Gasteiger partial charge in [0.1, 0.15) is 5.75 Å². The largest absolute Gasteiger partial charge is 0.497 e. The van der Waals surface area contributed by atoms with E-state index in [1.807, 2.05) is 12.1 Å². The fourth-order valence-corrected chi connectivity index (χ4v) is 4.97. The second-order valence-corrected chi connectivity index (χ2v) is 11.2. The molecule has 0 aliphatic carbocycles. The van der Waals surface area contributed by atoms with Crippen molar-refractivity contribution in [2.24, 2.45) is 0 Å². The zero-order chi connectivity index (χ0) is 27.4. The summed E-state index contributed by atoms with van der Waals surface area (Å²) in [4.78, 5) is 0. The first-order valence-electron chi connectivity index (χ1n) is 16.3. The van der Waals surface area contributed by atoms with Gasteiger partial charge in [0.2, 0.25) is 0 Å². The maximum atomic E-state index is 10.2. The maximum absolute atomic E-state index is 10.2. The highest BCUT2D eigenvalue weighted by molar-refractivity contribution is 5.26. The lowest BCUT2D eigenvalue weighted by Crippen LogP contribution is -2.05. The summed E-state index contributed by atoms with van der Waals surface area (Å²) in [5.74, 6) is 0.894. The zero-order valence-electron chi connectivity index (χ0n) is 25.3. The Balaban J connectivity index is 1.74. The van der Waals surface area contributed by atoms with Crippen LogP contribution in [0.1, 0.15) is 154 Å². The summed E-state index contributed by atoms with van der Waals surface area (Å²) in [5, 5.41) is 10.2. The molecule has 1 atom stereocenters. The smallest absolute Gasteiger partial charge is 0.118 e. The predicted octanol–water partition coefficient (Wildman–Crippen LogP) is 10.7. The molecule has 0 aliphatic heterocycles. The number of rotatable bonds is 28. The van der Waals surface area contributed by atoms with Crippen LogP contribution in [0.4, 0.5) is 0 Å². The average molecular weight is 531 g/mol.